The number of carbonyl (C=O) groups excluding carboxylic acids is 1. The van der Waals surface area contributed by atoms with E-state index in [4.69, 9.17) is 11.6 Å². The molecule has 0 spiro atoms. The molecule has 3 rings (SSSR count). The molecule has 1 N–H and O–H groups in total. The van der Waals surface area contributed by atoms with Gasteiger partial charge in [-0.05, 0) is 43.2 Å². The van der Waals surface area contributed by atoms with Crippen molar-refractivity contribution in [2.45, 2.75) is 26.3 Å². The molecule has 0 aliphatic heterocycles. The van der Waals surface area contributed by atoms with Crippen LogP contribution in [0.5, 0.6) is 0 Å². The predicted molar refractivity (Wildman–Crippen MR) is 91.5 cm³/mol. The highest BCUT2D eigenvalue weighted by Crippen LogP contribution is 2.14. The molecule has 5 heteroatoms. The van der Waals surface area contributed by atoms with Crippen LogP contribution in [0, 0.1) is 6.92 Å². The fourth-order valence-corrected chi connectivity index (χ4v) is 2.71. The normalized spacial score (nSPS) is 10.9. The van der Waals surface area contributed by atoms with Crippen molar-refractivity contribution in [3.8, 4) is 0 Å². The molecule has 2 aromatic heterocycles. The third-order valence-electron chi connectivity index (χ3n) is 3.82. The first-order chi connectivity index (χ1) is 11.1. The first-order valence-electron chi connectivity index (χ1n) is 7.57. The Morgan fingerprint density at radius 3 is 2.78 bits per heavy atom. The van der Waals surface area contributed by atoms with Crippen LogP contribution in [0.25, 0.3) is 5.65 Å². The molecule has 0 bridgehead atoms. The maximum Gasteiger partial charge on any atom is 0.220 e. The summed E-state index contributed by atoms with van der Waals surface area (Å²) in [6.07, 6.45) is 3.09. The summed E-state index contributed by atoms with van der Waals surface area (Å²) in [6, 6.07) is 13.4. The van der Waals surface area contributed by atoms with Gasteiger partial charge in [0.1, 0.15) is 5.65 Å². The molecule has 0 saturated carbocycles. The molecule has 23 heavy (non-hydrogen) atoms. The fourth-order valence-electron chi connectivity index (χ4n) is 2.59. The van der Waals surface area contributed by atoms with Crippen LogP contribution in [0.15, 0.2) is 48.7 Å². The number of rotatable bonds is 5. The zero-order valence-electron chi connectivity index (χ0n) is 12.9. The summed E-state index contributed by atoms with van der Waals surface area (Å²) in [6.45, 7) is 2.50. The van der Waals surface area contributed by atoms with Crippen molar-refractivity contribution in [1.82, 2.24) is 14.7 Å². The minimum atomic E-state index is 0.0326. The number of amides is 1. The van der Waals surface area contributed by atoms with E-state index in [1.54, 1.807) is 0 Å². The van der Waals surface area contributed by atoms with Gasteiger partial charge in [0.2, 0.25) is 5.91 Å². The SMILES string of the molecule is Cc1nc2ccccn2c1CCC(=O)NCc1ccc(Cl)cc1. The number of halogens is 1. The van der Waals surface area contributed by atoms with Gasteiger partial charge in [0.05, 0.1) is 5.69 Å². The lowest BCUT2D eigenvalue weighted by Crippen LogP contribution is -2.23. The molecule has 2 heterocycles. The summed E-state index contributed by atoms with van der Waals surface area (Å²) in [5.41, 5.74) is 4.01. The van der Waals surface area contributed by atoms with Gasteiger partial charge in [0.25, 0.3) is 0 Å². The molecule has 0 radical (unpaired) electrons. The zero-order chi connectivity index (χ0) is 16.2. The minimum absolute atomic E-state index is 0.0326. The minimum Gasteiger partial charge on any atom is -0.352 e. The lowest BCUT2D eigenvalue weighted by atomic mass is 10.2. The van der Waals surface area contributed by atoms with Crippen LogP contribution in [-0.4, -0.2) is 15.3 Å². The largest absolute Gasteiger partial charge is 0.352 e. The van der Waals surface area contributed by atoms with Gasteiger partial charge in [0.15, 0.2) is 0 Å². The van der Waals surface area contributed by atoms with E-state index in [1.807, 2.05) is 60.0 Å². The zero-order valence-corrected chi connectivity index (χ0v) is 13.7. The molecule has 0 fully saturated rings. The van der Waals surface area contributed by atoms with Crippen LogP contribution in [0.3, 0.4) is 0 Å². The number of hydrogen-bond acceptors (Lipinski definition) is 2. The second-order valence-corrected chi connectivity index (χ2v) is 5.91. The van der Waals surface area contributed by atoms with Crippen LogP contribution in [-0.2, 0) is 17.8 Å². The molecular formula is C18H18ClN3O. The average molecular weight is 328 g/mol. The van der Waals surface area contributed by atoms with E-state index in [1.165, 1.54) is 0 Å². The third kappa shape index (κ3) is 3.71. The molecule has 0 aliphatic rings. The van der Waals surface area contributed by atoms with Crippen LogP contribution in [0.1, 0.15) is 23.4 Å². The first-order valence-corrected chi connectivity index (χ1v) is 7.95. The number of pyridine rings is 1. The Morgan fingerprint density at radius 1 is 1.22 bits per heavy atom. The van der Waals surface area contributed by atoms with Crippen molar-refractivity contribution in [3.05, 3.63) is 70.6 Å². The van der Waals surface area contributed by atoms with Gasteiger partial charge in [-0.3, -0.25) is 4.79 Å². The van der Waals surface area contributed by atoms with Gasteiger partial charge in [-0.2, -0.15) is 0 Å². The number of aryl methyl sites for hydroxylation is 2. The number of fused-ring (bicyclic) bond motifs is 1. The number of carbonyl (C=O) groups is 1. The molecule has 3 aromatic rings. The van der Waals surface area contributed by atoms with Gasteiger partial charge in [0, 0.05) is 29.9 Å². The Balaban J connectivity index is 1.58. The van der Waals surface area contributed by atoms with E-state index in [0.717, 1.165) is 22.6 Å². The molecule has 1 aromatic carbocycles. The molecule has 4 nitrogen and oxygen atoms in total. The highest BCUT2D eigenvalue weighted by molar-refractivity contribution is 6.30. The monoisotopic (exact) mass is 327 g/mol. The second-order valence-electron chi connectivity index (χ2n) is 5.48. The quantitative estimate of drug-likeness (QED) is 0.779. The molecule has 1 amide bonds. The Bertz CT molecular complexity index is 824. The van der Waals surface area contributed by atoms with Crippen LogP contribution < -0.4 is 5.32 Å². The highest BCUT2D eigenvalue weighted by Gasteiger charge is 2.10. The van der Waals surface area contributed by atoms with Crippen LogP contribution in [0.4, 0.5) is 0 Å². The number of aromatic nitrogens is 2. The molecule has 118 valence electrons. The van der Waals surface area contributed by atoms with E-state index < -0.39 is 0 Å². The Kier molecular flexibility index (Phi) is 4.63. The molecular weight excluding hydrogens is 310 g/mol. The molecule has 0 saturated heterocycles. The van der Waals surface area contributed by atoms with Gasteiger partial charge in [-0.15, -0.1) is 0 Å². The van der Waals surface area contributed by atoms with Crippen molar-refractivity contribution in [1.29, 1.82) is 0 Å². The van der Waals surface area contributed by atoms with E-state index in [-0.39, 0.29) is 5.91 Å². The number of hydrogen-bond donors (Lipinski definition) is 1. The van der Waals surface area contributed by atoms with Gasteiger partial charge >= 0.3 is 0 Å². The van der Waals surface area contributed by atoms with Crippen molar-refractivity contribution >= 4 is 23.2 Å². The summed E-state index contributed by atoms with van der Waals surface area (Å²) < 4.78 is 2.04. The van der Waals surface area contributed by atoms with Crippen molar-refractivity contribution in [3.63, 3.8) is 0 Å². The molecule has 0 atom stereocenters. The van der Waals surface area contributed by atoms with Crippen molar-refractivity contribution in [2.75, 3.05) is 0 Å². The Labute approximate surface area is 140 Å². The number of nitrogens with one attached hydrogen (secondary N) is 1. The number of benzene rings is 1. The summed E-state index contributed by atoms with van der Waals surface area (Å²) in [5, 5.41) is 3.63. The van der Waals surface area contributed by atoms with Gasteiger partial charge in [-0.25, -0.2) is 4.98 Å². The van der Waals surface area contributed by atoms with E-state index in [0.29, 0.717) is 24.4 Å². The van der Waals surface area contributed by atoms with E-state index in [9.17, 15) is 4.79 Å². The first kappa shape index (κ1) is 15.6. The molecule has 0 unspecified atom stereocenters. The lowest BCUT2D eigenvalue weighted by molar-refractivity contribution is -0.121. The topological polar surface area (TPSA) is 46.4 Å². The summed E-state index contributed by atoms with van der Waals surface area (Å²) in [5.74, 6) is 0.0326. The second kappa shape index (κ2) is 6.84. The summed E-state index contributed by atoms with van der Waals surface area (Å²) >= 11 is 5.85. The van der Waals surface area contributed by atoms with Crippen molar-refractivity contribution < 1.29 is 4.79 Å². The predicted octanol–water partition coefficient (Wildman–Crippen LogP) is 3.55. The maximum absolute atomic E-state index is 12.1. The maximum atomic E-state index is 12.1. The van der Waals surface area contributed by atoms with Gasteiger partial charge in [-0.1, -0.05) is 29.8 Å². The summed E-state index contributed by atoms with van der Waals surface area (Å²) in [4.78, 5) is 16.6. The lowest BCUT2D eigenvalue weighted by Gasteiger charge is -2.06. The van der Waals surface area contributed by atoms with E-state index >= 15 is 0 Å². The van der Waals surface area contributed by atoms with Crippen LogP contribution in [0.2, 0.25) is 5.02 Å². The van der Waals surface area contributed by atoms with E-state index in [2.05, 4.69) is 10.3 Å². The average Bonchev–Trinajstić information content (AvgIpc) is 2.87. The van der Waals surface area contributed by atoms with Crippen molar-refractivity contribution in [2.24, 2.45) is 0 Å². The van der Waals surface area contributed by atoms with Crippen LogP contribution >= 0.6 is 11.6 Å². The Morgan fingerprint density at radius 2 is 2.00 bits per heavy atom. The smallest absolute Gasteiger partial charge is 0.220 e. The standard InChI is InChI=1S/C18H18ClN3O/c1-13-16(22-11-3-2-4-17(22)21-13)9-10-18(23)20-12-14-5-7-15(19)8-6-14/h2-8,11H,9-10,12H2,1H3,(H,20,23). The Hall–Kier alpha value is -2.33. The number of imidazole rings is 1. The number of nitrogens with zero attached hydrogens (tertiary/aromatic N) is 2. The fraction of sp³-hybridized carbons (Fsp3) is 0.222. The third-order valence-corrected chi connectivity index (χ3v) is 4.07. The van der Waals surface area contributed by atoms with Gasteiger partial charge < -0.3 is 9.72 Å². The summed E-state index contributed by atoms with van der Waals surface area (Å²) in [7, 11) is 0. The molecule has 0 aliphatic carbocycles. The highest BCUT2D eigenvalue weighted by atomic mass is 35.5.